The SMILES string of the molecule is C=C1OC(CO)=C(COP(=O)(COCCn2cnc3c(=O)[nH]c(N)nc32)OCc2ccc(C)cc2)O1. The molecule has 1 aromatic carbocycles. The maximum atomic E-state index is 13.5. The zero-order valence-corrected chi connectivity index (χ0v) is 20.4. The average Bonchev–Trinajstić information content (AvgIpc) is 3.43. The van der Waals surface area contributed by atoms with E-state index in [9.17, 15) is 14.5 Å². The van der Waals surface area contributed by atoms with E-state index in [1.165, 1.54) is 6.33 Å². The summed E-state index contributed by atoms with van der Waals surface area (Å²) in [6, 6.07) is 7.54. The number of imidazole rings is 1. The summed E-state index contributed by atoms with van der Waals surface area (Å²) >= 11 is 0. The van der Waals surface area contributed by atoms with E-state index in [2.05, 4.69) is 21.5 Å². The van der Waals surface area contributed by atoms with Crippen LogP contribution in [0.5, 0.6) is 0 Å². The van der Waals surface area contributed by atoms with E-state index < -0.39 is 19.8 Å². The highest BCUT2D eigenvalue weighted by molar-refractivity contribution is 7.53. The zero-order valence-electron chi connectivity index (χ0n) is 19.5. The smallest absolute Gasteiger partial charge is 0.356 e. The van der Waals surface area contributed by atoms with Crippen LogP contribution in [0.15, 0.2) is 59.4 Å². The molecule has 36 heavy (non-hydrogen) atoms. The van der Waals surface area contributed by atoms with Gasteiger partial charge in [0.25, 0.3) is 11.5 Å². The van der Waals surface area contributed by atoms with Crippen molar-refractivity contribution in [3.05, 3.63) is 76.1 Å². The van der Waals surface area contributed by atoms with E-state index >= 15 is 0 Å². The number of aliphatic hydroxyl groups excluding tert-OH is 1. The molecule has 0 saturated carbocycles. The molecule has 4 rings (SSSR count). The number of nitrogen functional groups attached to an aromatic ring is 1. The highest BCUT2D eigenvalue weighted by atomic mass is 31.2. The summed E-state index contributed by atoms with van der Waals surface area (Å²) < 4.78 is 42.3. The van der Waals surface area contributed by atoms with Gasteiger partial charge in [0.05, 0.1) is 19.5 Å². The number of nitrogens with zero attached hydrogens (tertiary/aromatic N) is 3. The monoisotopic (exact) mass is 519 g/mol. The Morgan fingerprint density at radius 1 is 1.19 bits per heavy atom. The van der Waals surface area contributed by atoms with Crippen molar-refractivity contribution in [1.29, 1.82) is 0 Å². The number of anilines is 1. The molecule has 4 N–H and O–H groups in total. The first-order chi connectivity index (χ1) is 17.3. The van der Waals surface area contributed by atoms with Crippen LogP contribution in [-0.4, -0.2) is 50.8 Å². The van der Waals surface area contributed by atoms with Crippen LogP contribution in [0.25, 0.3) is 11.2 Å². The lowest BCUT2D eigenvalue weighted by Crippen LogP contribution is -2.13. The second-order valence-electron chi connectivity index (χ2n) is 7.82. The molecule has 192 valence electrons. The van der Waals surface area contributed by atoms with Gasteiger partial charge < -0.3 is 34.1 Å². The number of nitrogens with one attached hydrogen (secondary N) is 1. The molecule has 14 heteroatoms. The van der Waals surface area contributed by atoms with Crippen molar-refractivity contribution < 1.29 is 32.9 Å². The first-order valence-corrected chi connectivity index (χ1v) is 12.6. The molecule has 0 bridgehead atoms. The normalized spacial score (nSPS) is 15.2. The summed E-state index contributed by atoms with van der Waals surface area (Å²) in [4.78, 5) is 22.4. The number of aryl methyl sites for hydroxylation is 1. The summed E-state index contributed by atoms with van der Waals surface area (Å²) in [5.41, 5.74) is 7.49. The van der Waals surface area contributed by atoms with Gasteiger partial charge in [-0.15, -0.1) is 0 Å². The first-order valence-electron chi connectivity index (χ1n) is 10.9. The number of aliphatic hydroxyl groups is 1. The minimum Gasteiger partial charge on any atom is -0.425 e. The third-order valence-electron chi connectivity index (χ3n) is 5.09. The molecule has 3 aromatic rings. The Bertz CT molecular complexity index is 1380. The van der Waals surface area contributed by atoms with Gasteiger partial charge in [0.2, 0.25) is 5.95 Å². The Morgan fingerprint density at radius 2 is 1.92 bits per heavy atom. The van der Waals surface area contributed by atoms with Gasteiger partial charge in [-0.1, -0.05) is 29.8 Å². The number of nitrogens with two attached hydrogens (primary N) is 1. The summed E-state index contributed by atoms with van der Waals surface area (Å²) in [5, 5.41) is 9.41. The van der Waals surface area contributed by atoms with Crippen LogP contribution in [0.4, 0.5) is 5.95 Å². The van der Waals surface area contributed by atoms with Crippen LogP contribution < -0.4 is 11.3 Å². The molecule has 1 aliphatic heterocycles. The summed E-state index contributed by atoms with van der Waals surface area (Å²) in [6.07, 6.45) is 1.07. The molecule has 1 unspecified atom stereocenters. The lowest BCUT2D eigenvalue weighted by Gasteiger charge is -2.19. The summed E-state index contributed by atoms with van der Waals surface area (Å²) in [6.45, 7) is 5.11. The molecule has 0 saturated heterocycles. The molecule has 1 aliphatic rings. The molecular formula is C22H26N5O8P. The van der Waals surface area contributed by atoms with E-state index in [0.29, 0.717) is 5.65 Å². The van der Waals surface area contributed by atoms with E-state index in [0.717, 1.165) is 11.1 Å². The van der Waals surface area contributed by atoms with Gasteiger partial charge in [-0.3, -0.25) is 18.9 Å². The molecule has 0 amide bonds. The minimum absolute atomic E-state index is 0.0228. The first kappa shape index (κ1) is 25.6. The summed E-state index contributed by atoms with van der Waals surface area (Å²) in [7, 11) is -3.79. The Morgan fingerprint density at radius 3 is 2.67 bits per heavy atom. The number of rotatable bonds is 12. The Hall–Kier alpha value is -3.48. The van der Waals surface area contributed by atoms with E-state index in [4.69, 9.17) is 29.0 Å². The number of hydrogen-bond donors (Lipinski definition) is 3. The third kappa shape index (κ3) is 6.20. The molecule has 0 radical (unpaired) electrons. The van der Waals surface area contributed by atoms with Crippen molar-refractivity contribution >= 4 is 24.7 Å². The molecule has 3 heterocycles. The second kappa shape index (κ2) is 11.1. The van der Waals surface area contributed by atoms with Crippen LogP contribution in [0.2, 0.25) is 0 Å². The highest BCUT2D eigenvalue weighted by Crippen LogP contribution is 2.49. The fourth-order valence-electron chi connectivity index (χ4n) is 3.24. The van der Waals surface area contributed by atoms with Crippen molar-refractivity contribution in [3.63, 3.8) is 0 Å². The fraction of sp³-hybridized carbons (Fsp3) is 0.318. The van der Waals surface area contributed by atoms with Gasteiger partial charge in [0.1, 0.15) is 19.6 Å². The molecule has 2 aromatic heterocycles. The zero-order chi connectivity index (χ0) is 25.7. The maximum absolute atomic E-state index is 13.5. The number of aromatic nitrogens is 4. The third-order valence-corrected chi connectivity index (χ3v) is 6.63. The van der Waals surface area contributed by atoms with Gasteiger partial charge in [0.15, 0.2) is 22.7 Å². The number of aromatic amines is 1. The number of fused-ring (bicyclic) bond motifs is 1. The summed E-state index contributed by atoms with van der Waals surface area (Å²) in [5.74, 6) is 0.194. The largest absolute Gasteiger partial charge is 0.425 e. The number of H-pyrrole nitrogens is 1. The Balaban J connectivity index is 1.40. The minimum atomic E-state index is -3.79. The van der Waals surface area contributed by atoms with Crippen LogP contribution >= 0.6 is 7.60 Å². The fourth-order valence-corrected chi connectivity index (χ4v) is 4.48. The maximum Gasteiger partial charge on any atom is 0.356 e. The van der Waals surface area contributed by atoms with E-state index in [1.807, 2.05) is 31.2 Å². The number of hydrogen-bond acceptors (Lipinski definition) is 11. The molecule has 1 atom stereocenters. The van der Waals surface area contributed by atoms with Gasteiger partial charge in [-0.25, -0.2) is 4.98 Å². The number of ether oxygens (including phenoxy) is 3. The van der Waals surface area contributed by atoms with Gasteiger partial charge in [-0.2, -0.15) is 4.98 Å². The second-order valence-corrected chi connectivity index (χ2v) is 9.82. The van der Waals surface area contributed by atoms with E-state index in [-0.39, 0.29) is 61.6 Å². The lowest BCUT2D eigenvalue weighted by atomic mass is 10.2. The standard InChI is InChI=1S/C22H26N5O8P/c1-14-3-5-16(6-4-14)10-32-36(30,33-11-18-17(9-28)34-15(2)35-18)13-31-8-7-27-12-24-19-20(27)25-22(23)26-21(19)29/h3-6,12,28H,2,7-11,13H2,1H3,(H3,23,25,26,29). The van der Waals surface area contributed by atoms with Crippen molar-refractivity contribution in [1.82, 2.24) is 19.5 Å². The molecular weight excluding hydrogens is 493 g/mol. The predicted octanol–water partition coefficient (Wildman–Crippen LogP) is 2.13. The average molecular weight is 519 g/mol. The van der Waals surface area contributed by atoms with Crippen LogP contribution in [0.3, 0.4) is 0 Å². The van der Waals surface area contributed by atoms with E-state index in [1.54, 1.807) is 4.57 Å². The van der Waals surface area contributed by atoms with Gasteiger partial charge in [0, 0.05) is 6.54 Å². The van der Waals surface area contributed by atoms with Crippen molar-refractivity contribution in [3.8, 4) is 0 Å². The molecule has 0 fully saturated rings. The predicted molar refractivity (Wildman–Crippen MR) is 128 cm³/mol. The Labute approximate surface area is 205 Å². The molecule has 13 nitrogen and oxygen atoms in total. The van der Waals surface area contributed by atoms with Crippen LogP contribution in [-0.2, 0) is 41.0 Å². The lowest BCUT2D eigenvalue weighted by molar-refractivity contribution is 0.114. The van der Waals surface area contributed by atoms with Crippen LogP contribution in [0, 0.1) is 6.92 Å². The van der Waals surface area contributed by atoms with Crippen molar-refractivity contribution in [2.45, 2.75) is 20.1 Å². The van der Waals surface area contributed by atoms with Crippen molar-refractivity contribution in [2.75, 3.05) is 31.9 Å². The van der Waals surface area contributed by atoms with Crippen molar-refractivity contribution in [2.24, 2.45) is 0 Å². The van der Waals surface area contributed by atoms with Gasteiger partial charge in [-0.05, 0) is 19.1 Å². The number of benzene rings is 1. The topological polar surface area (TPSA) is 173 Å². The van der Waals surface area contributed by atoms with Crippen LogP contribution in [0.1, 0.15) is 11.1 Å². The Kier molecular flexibility index (Phi) is 7.87. The molecule has 0 spiro atoms. The van der Waals surface area contributed by atoms with Gasteiger partial charge >= 0.3 is 7.60 Å². The molecule has 0 aliphatic carbocycles. The quantitative estimate of drug-likeness (QED) is 0.236. The highest BCUT2D eigenvalue weighted by Gasteiger charge is 2.29.